The molecule has 0 bridgehead atoms. The number of carbonyl (C=O) groups excluding carboxylic acids is 1. The maximum atomic E-state index is 12.9. The average Bonchev–Trinajstić information content (AvgIpc) is 3.25. The maximum absolute atomic E-state index is 12.9. The average molecular weight is 432 g/mol. The van der Waals surface area contributed by atoms with Crippen molar-refractivity contribution in [3.63, 3.8) is 0 Å². The molecule has 4 rings (SSSR count). The summed E-state index contributed by atoms with van der Waals surface area (Å²) in [6, 6.07) is 10.7. The van der Waals surface area contributed by atoms with E-state index in [4.69, 9.17) is 4.42 Å². The molecule has 1 aromatic heterocycles. The molecule has 0 radical (unpaired) electrons. The van der Waals surface area contributed by atoms with Gasteiger partial charge < -0.3 is 14.6 Å². The molecular formula is C22H29N3O4S. The van der Waals surface area contributed by atoms with Gasteiger partial charge in [0.2, 0.25) is 15.9 Å². The summed E-state index contributed by atoms with van der Waals surface area (Å²) in [7, 11) is -3.52. The fourth-order valence-electron chi connectivity index (χ4n) is 4.43. The number of nitrogens with one attached hydrogen (secondary N) is 2. The molecule has 30 heavy (non-hydrogen) atoms. The first-order valence-electron chi connectivity index (χ1n) is 10.5. The van der Waals surface area contributed by atoms with Gasteiger partial charge in [0.05, 0.1) is 18.1 Å². The number of likely N-dealkylation sites (tertiary alicyclic amines) is 1. The van der Waals surface area contributed by atoms with Gasteiger partial charge in [-0.25, -0.2) is 8.42 Å². The predicted molar refractivity (Wildman–Crippen MR) is 114 cm³/mol. The summed E-state index contributed by atoms with van der Waals surface area (Å²) in [6.45, 7) is 5.47. The smallest absolute Gasteiger partial charge is 0.244 e. The SMILES string of the molecule is CC(C)[C@H](CC(=O)N1CCC([C@H]2Nc3ccccc3S(=O)(=O)N2)CC1)c1ccco1. The standard InChI is InChI=1S/C22H29N3O4S/c1-15(2)17(19-7-5-13-29-19)14-21(26)25-11-9-16(10-12-25)22-23-18-6-3-4-8-20(18)30(27,28)24-22/h3-8,13,15-17,22-24H,9-12,14H2,1-2H3/t17-,22-/m0/s1. The van der Waals surface area contributed by atoms with E-state index in [1.54, 1.807) is 24.5 Å². The van der Waals surface area contributed by atoms with Crippen LogP contribution in [-0.4, -0.2) is 38.5 Å². The second-order valence-electron chi connectivity index (χ2n) is 8.53. The van der Waals surface area contributed by atoms with Gasteiger partial charge in [0.1, 0.15) is 10.7 Å². The number of rotatable bonds is 5. The molecule has 162 valence electrons. The van der Waals surface area contributed by atoms with Gasteiger partial charge in [-0.05, 0) is 48.9 Å². The number of furan rings is 1. The van der Waals surface area contributed by atoms with Crippen LogP contribution in [0.3, 0.4) is 0 Å². The molecule has 0 saturated carbocycles. The molecule has 1 amide bonds. The van der Waals surface area contributed by atoms with Gasteiger partial charge in [-0.2, -0.15) is 4.72 Å². The number of piperidine rings is 1. The number of benzene rings is 1. The summed E-state index contributed by atoms with van der Waals surface area (Å²) in [5, 5.41) is 3.33. The molecule has 8 heteroatoms. The van der Waals surface area contributed by atoms with Gasteiger partial charge in [-0.3, -0.25) is 4.79 Å². The second-order valence-corrected chi connectivity index (χ2v) is 10.2. The minimum atomic E-state index is -3.52. The van der Waals surface area contributed by atoms with Crippen LogP contribution in [0.25, 0.3) is 0 Å². The number of para-hydroxylation sites is 1. The number of hydrogen-bond donors (Lipinski definition) is 2. The molecular weight excluding hydrogens is 402 g/mol. The van der Waals surface area contributed by atoms with Crippen molar-refractivity contribution in [3.8, 4) is 0 Å². The Morgan fingerprint density at radius 1 is 1.17 bits per heavy atom. The van der Waals surface area contributed by atoms with E-state index < -0.39 is 10.0 Å². The minimum absolute atomic E-state index is 0.0635. The summed E-state index contributed by atoms with van der Waals surface area (Å²) >= 11 is 0. The van der Waals surface area contributed by atoms with E-state index in [0.29, 0.717) is 31.1 Å². The normalized spacial score (nSPS) is 22.4. The fraction of sp³-hybridized carbons (Fsp3) is 0.500. The van der Waals surface area contributed by atoms with Gasteiger partial charge in [-0.15, -0.1) is 0 Å². The molecule has 1 saturated heterocycles. The van der Waals surface area contributed by atoms with E-state index in [1.807, 2.05) is 23.1 Å². The van der Waals surface area contributed by atoms with E-state index in [9.17, 15) is 13.2 Å². The van der Waals surface area contributed by atoms with Crippen LogP contribution in [0, 0.1) is 11.8 Å². The maximum Gasteiger partial charge on any atom is 0.244 e. The first-order chi connectivity index (χ1) is 14.3. The molecule has 2 N–H and O–H groups in total. The Labute approximate surface area is 177 Å². The molecule has 0 unspecified atom stereocenters. The third-order valence-electron chi connectivity index (χ3n) is 6.24. The van der Waals surface area contributed by atoms with Crippen molar-refractivity contribution in [1.29, 1.82) is 0 Å². The number of nitrogens with zero attached hydrogens (tertiary/aromatic N) is 1. The Bertz CT molecular complexity index is 980. The molecule has 2 atom stereocenters. The van der Waals surface area contributed by atoms with Crippen molar-refractivity contribution < 1.29 is 17.6 Å². The Morgan fingerprint density at radius 2 is 1.90 bits per heavy atom. The molecule has 3 heterocycles. The van der Waals surface area contributed by atoms with E-state index in [1.165, 1.54) is 0 Å². The van der Waals surface area contributed by atoms with Gasteiger partial charge in [0.25, 0.3) is 0 Å². The number of hydrogen-bond acceptors (Lipinski definition) is 5. The van der Waals surface area contributed by atoms with Crippen LogP contribution in [0.15, 0.2) is 52.0 Å². The summed E-state index contributed by atoms with van der Waals surface area (Å²) in [6.07, 6.45) is 3.23. The lowest BCUT2D eigenvalue weighted by Crippen LogP contribution is -2.52. The van der Waals surface area contributed by atoms with E-state index in [-0.39, 0.29) is 28.8 Å². The molecule has 2 aliphatic rings. The second kappa shape index (κ2) is 8.43. The van der Waals surface area contributed by atoms with E-state index >= 15 is 0 Å². The third-order valence-corrected chi connectivity index (χ3v) is 7.74. The van der Waals surface area contributed by atoms with Crippen molar-refractivity contribution in [2.45, 2.75) is 50.1 Å². The van der Waals surface area contributed by atoms with Crippen molar-refractivity contribution >= 4 is 21.6 Å². The van der Waals surface area contributed by atoms with Crippen LogP contribution >= 0.6 is 0 Å². The lowest BCUT2D eigenvalue weighted by molar-refractivity contribution is -0.133. The van der Waals surface area contributed by atoms with Crippen LogP contribution in [0.5, 0.6) is 0 Å². The van der Waals surface area contributed by atoms with Gasteiger partial charge in [0.15, 0.2) is 0 Å². The summed E-state index contributed by atoms with van der Waals surface area (Å²) in [4.78, 5) is 15.1. The summed E-state index contributed by atoms with van der Waals surface area (Å²) < 4.78 is 33.5. The minimum Gasteiger partial charge on any atom is -0.469 e. The zero-order valence-electron chi connectivity index (χ0n) is 17.4. The predicted octanol–water partition coefficient (Wildman–Crippen LogP) is 3.38. The highest BCUT2D eigenvalue weighted by Crippen LogP contribution is 2.32. The first-order valence-corrected chi connectivity index (χ1v) is 12.0. The molecule has 2 aliphatic heterocycles. The molecule has 0 spiro atoms. The Kier molecular flexibility index (Phi) is 5.88. The highest BCUT2D eigenvalue weighted by molar-refractivity contribution is 7.89. The highest BCUT2D eigenvalue weighted by atomic mass is 32.2. The van der Waals surface area contributed by atoms with E-state index in [0.717, 1.165) is 18.6 Å². The number of anilines is 1. The van der Waals surface area contributed by atoms with Crippen molar-refractivity contribution in [3.05, 3.63) is 48.4 Å². The molecule has 0 aliphatic carbocycles. The lowest BCUT2D eigenvalue weighted by Gasteiger charge is -2.39. The summed E-state index contributed by atoms with van der Waals surface area (Å²) in [5.74, 6) is 1.48. The zero-order valence-corrected chi connectivity index (χ0v) is 18.2. The molecule has 1 fully saturated rings. The highest BCUT2D eigenvalue weighted by Gasteiger charge is 2.36. The largest absolute Gasteiger partial charge is 0.469 e. The Morgan fingerprint density at radius 3 is 2.57 bits per heavy atom. The number of sulfonamides is 1. The Balaban J connectivity index is 1.37. The zero-order chi connectivity index (χ0) is 21.3. The third kappa shape index (κ3) is 4.25. The number of fused-ring (bicyclic) bond motifs is 1. The monoisotopic (exact) mass is 431 g/mol. The van der Waals surface area contributed by atoms with Crippen LogP contribution in [0.2, 0.25) is 0 Å². The van der Waals surface area contributed by atoms with Crippen LogP contribution in [0.1, 0.15) is 44.8 Å². The van der Waals surface area contributed by atoms with Crippen molar-refractivity contribution in [1.82, 2.24) is 9.62 Å². The Hall–Kier alpha value is -2.32. The first kappa shape index (κ1) is 20.9. The molecule has 2 aromatic rings. The van der Waals surface area contributed by atoms with Crippen molar-refractivity contribution in [2.75, 3.05) is 18.4 Å². The topological polar surface area (TPSA) is 91.7 Å². The quantitative estimate of drug-likeness (QED) is 0.757. The van der Waals surface area contributed by atoms with Crippen molar-refractivity contribution in [2.24, 2.45) is 11.8 Å². The van der Waals surface area contributed by atoms with Crippen LogP contribution < -0.4 is 10.0 Å². The number of amides is 1. The van der Waals surface area contributed by atoms with Crippen LogP contribution in [-0.2, 0) is 14.8 Å². The van der Waals surface area contributed by atoms with Gasteiger partial charge in [0, 0.05) is 25.4 Å². The fourth-order valence-corrected chi connectivity index (χ4v) is 5.82. The van der Waals surface area contributed by atoms with E-state index in [2.05, 4.69) is 23.9 Å². The molecule has 7 nitrogen and oxygen atoms in total. The van der Waals surface area contributed by atoms with Crippen LogP contribution in [0.4, 0.5) is 5.69 Å². The van der Waals surface area contributed by atoms with Gasteiger partial charge >= 0.3 is 0 Å². The van der Waals surface area contributed by atoms with Gasteiger partial charge in [-0.1, -0.05) is 26.0 Å². The summed E-state index contributed by atoms with van der Waals surface area (Å²) in [5.41, 5.74) is 0.637. The molecule has 1 aromatic carbocycles. The lowest BCUT2D eigenvalue weighted by atomic mass is 9.88. The number of carbonyl (C=O) groups is 1.